The zero-order valence-corrected chi connectivity index (χ0v) is 8.65. The number of nitrogens with one attached hydrogen (secondary N) is 2. The molecule has 1 aromatic carbocycles. The van der Waals surface area contributed by atoms with Crippen molar-refractivity contribution in [3.63, 3.8) is 0 Å². The van der Waals surface area contributed by atoms with Gasteiger partial charge in [0.2, 0.25) is 0 Å². The number of carbonyl (C=O) groups excluding carboxylic acids is 1. The van der Waals surface area contributed by atoms with Crippen molar-refractivity contribution in [3.05, 3.63) is 29.8 Å². The Balaban J connectivity index is 2.45. The van der Waals surface area contributed by atoms with Gasteiger partial charge in [-0.2, -0.15) is 13.2 Å². The van der Waals surface area contributed by atoms with Gasteiger partial charge in [-0.25, -0.2) is 19.1 Å². The number of anilines is 1. The Hall–Kier alpha value is -1.90. The highest BCUT2D eigenvalue weighted by Crippen LogP contribution is 2.15. The lowest BCUT2D eigenvalue weighted by molar-refractivity contribution is -0.183. The lowest BCUT2D eigenvalue weighted by atomic mass is 10.3. The first-order valence-electron chi connectivity index (χ1n) is 4.48. The van der Waals surface area contributed by atoms with Gasteiger partial charge in [0.15, 0.2) is 6.61 Å². The molecule has 0 saturated carbocycles. The molecule has 0 radical (unpaired) electrons. The van der Waals surface area contributed by atoms with E-state index in [1.54, 1.807) is 0 Å². The minimum Gasteiger partial charge on any atom is -0.303 e. The van der Waals surface area contributed by atoms with Crippen molar-refractivity contribution in [3.8, 4) is 0 Å². The maximum Gasteiger partial charge on any atom is 0.414 e. The third kappa shape index (κ3) is 4.95. The predicted octanol–water partition coefficient (Wildman–Crippen LogP) is 2.58. The van der Waals surface area contributed by atoms with Crippen LogP contribution in [0.25, 0.3) is 0 Å². The van der Waals surface area contributed by atoms with Gasteiger partial charge >= 0.3 is 12.2 Å². The Kier molecular flexibility index (Phi) is 4.43. The van der Waals surface area contributed by atoms with Gasteiger partial charge in [-0.05, 0) is 12.1 Å². The number of hydrogen-bond acceptors (Lipinski definition) is 2. The third-order valence-electron chi connectivity index (χ3n) is 1.58. The van der Waals surface area contributed by atoms with Gasteiger partial charge in [0.05, 0.1) is 5.69 Å². The fraction of sp³-hybridized carbons (Fsp3) is 0.222. The minimum absolute atomic E-state index is 0.399. The number of urea groups is 1. The number of hydroxylamine groups is 1. The van der Waals surface area contributed by atoms with Gasteiger partial charge < -0.3 is 5.32 Å². The van der Waals surface area contributed by atoms with Gasteiger partial charge in [-0.15, -0.1) is 0 Å². The normalized spacial score (nSPS) is 11.2. The molecular formula is C9H7F5N2O2. The number of hydrogen-bond donors (Lipinski definition) is 2. The van der Waals surface area contributed by atoms with Crippen molar-refractivity contribution in [2.45, 2.75) is 6.18 Å². The summed E-state index contributed by atoms with van der Waals surface area (Å²) in [6, 6.07) is 1.07. The number of rotatable bonds is 3. The van der Waals surface area contributed by atoms with Gasteiger partial charge in [0, 0.05) is 6.07 Å². The Morgan fingerprint density at radius 2 is 1.94 bits per heavy atom. The van der Waals surface area contributed by atoms with Crippen molar-refractivity contribution in [2.75, 3.05) is 11.9 Å². The SMILES string of the molecule is O=C(NOCC(F)(F)F)Nc1ccc(F)cc1F. The van der Waals surface area contributed by atoms with Crippen LogP contribution in [0.15, 0.2) is 18.2 Å². The molecule has 0 aliphatic rings. The summed E-state index contributed by atoms with van der Waals surface area (Å²) in [5.41, 5.74) is 1.00. The first-order valence-corrected chi connectivity index (χ1v) is 4.48. The highest BCUT2D eigenvalue weighted by Gasteiger charge is 2.28. The van der Waals surface area contributed by atoms with E-state index < -0.39 is 36.1 Å². The van der Waals surface area contributed by atoms with Crippen molar-refractivity contribution in [1.82, 2.24) is 5.48 Å². The highest BCUT2D eigenvalue weighted by molar-refractivity contribution is 5.88. The van der Waals surface area contributed by atoms with Gasteiger partial charge in [-0.3, -0.25) is 4.84 Å². The van der Waals surface area contributed by atoms with Crippen LogP contribution in [0.3, 0.4) is 0 Å². The standard InChI is InChI=1S/C9H7F5N2O2/c10-5-1-2-7(6(11)3-5)15-8(17)16-18-4-9(12,13)14/h1-3H,4H2,(H2,15,16,17). The zero-order chi connectivity index (χ0) is 13.8. The molecule has 2 N–H and O–H groups in total. The van der Waals surface area contributed by atoms with Crippen LogP contribution >= 0.6 is 0 Å². The number of halogens is 5. The topological polar surface area (TPSA) is 50.4 Å². The number of alkyl halides is 3. The van der Waals surface area contributed by atoms with Crippen LogP contribution in [0.2, 0.25) is 0 Å². The second-order valence-electron chi connectivity index (χ2n) is 3.08. The molecule has 100 valence electrons. The molecule has 2 amide bonds. The van der Waals surface area contributed by atoms with Crippen LogP contribution in [-0.4, -0.2) is 18.8 Å². The molecule has 1 aromatic rings. The molecule has 0 aliphatic carbocycles. The zero-order valence-electron chi connectivity index (χ0n) is 8.65. The molecule has 0 spiro atoms. The van der Waals surface area contributed by atoms with Crippen molar-refractivity contribution in [2.24, 2.45) is 0 Å². The minimum atomic E-state index is -4.60. The summed E-state index contributed by atoms with van der Waals surface area (Å²) >= 11 is 0. The van der Waals surface area contributed by atoms with Crippen molar-refractivity contribution in [1.29, 1.82) is 0 Å². The van der Waals surface area contributed by atoms with Crippen LogP contribution < -0.4 is 10.8 Å². The lowest BCUT2D eigenvalue weighted by Crippen LogP contribution is -2.33. The molecule has 0 unspecified atom stereocenters. The second-order valence-corrected chi connectivity index (χ2v) is 3.08. The largest absolute Gasteiger partial charge is 0.414 e. The fourth-order valence-corrected chi connectivity index (χ4v) is 0.922. The Morgan fingerprint density at radius 3 is 2.50 bits per heavy atom. The molecule has 0 atom stereocenters. The van der Waals surface area contributed by atoms with E-state index in [1.807, 2.05) is 5.32 Å². The summed E-state index contributed by atoms with van der Waals surface area (Å²) in [4.78, 5) is 14.8. The molecule has 9 heteroatoms. The number of amides is 2. The van der Waals surface area contributed by atoms with Crippen molar-refractivity contribution < 1.29 is 31.6 Å². The van der Waals surface area contributed by atoms with Crippen LogP contribution in [0.5, 0.6) is 0 Å². The molecule has 18 heavy (non-hydrogen) atoms. The molecular weight excluding hydrogens is 263 g/mol. The van der Waals surface area contributed by atoms with E-state index >= 15 is 0 Å². The second kappa shape index (κ2) is 5.63. The molecule has 0 heterocycles. The average Bonchev–Trinajstić information content (AvgIpc) is 2.20. The monoisotopic (exact) mass is 270 g/mol. The number of carbonyl (C=O) groups is 1. The molecule has 0 aliphatic heterocycles. The van der Waals surface area contributed by atoms with E-state index in [2.05, 4.69) is 4.84 Å². The summed E-state index contributed by atoms with van der Waals surface area (Å²) < 4.78 is 60.4. The highest BCUT2D eigenvalue weighted by atomic mass is 19.4. The van der Waals surface area contributed by atoms with E-state index in [4.69, 9.17) is 0 Å². The fourth-order valence-electron chi connectivity index (χ4n) is 0.922. The molecule has 0 fully saturated rings. The first-order chi connectivity index (χ1) is 8.28. The maximum atomic E-state index is 13.0. The van der Waals surface area contributed by atoms with Gasteiger partial charge in [0.25, 0.3) is 0 Å². The molecule has 1 rings (SSSR count). The Morgan fingerprint density at radius 1 is 1.28 bits per heavy atom. The lowest BCUT2D eigenvalue weighted by Gasteiger charge is -2.09. The molecule has 4 nitrogen and oxygen atoms in total. The van der Waals surface area contributed by atoms with E-state index in [0.717, 1.165) is 12.1 Å². The van der Waals surface area contributed by atoms with Crippen LogP contribution in [0.4, 0.5) is 32.4 Å². The van der Waals surface area contributed by atoms with Crippen LogP contribution in [0.1, 0.15) is 0 Å². The summed E-state index contributed by atoms with van der Waals surface area (Å²) in [6.45, 7) is -1.69. The number of benzene rings is 1. The van der Waals surface area contributed by atoms with Gasteiger partial charge in [0.1, 0.15) is 11.6 Å². The summed E-state index contributed by atoms with van der Waals surface area (Å²) in [5.74, 6) is -1.92. The first kappa shape index (κ1) is 14.2. The van der Waals surface area contributed by atoms with Gasteiger partial charge in [-0.1, -0.05) is 0 Å². The van der Waals surface area contributed by atoms with Crippen LogP contribution in [0, 0.1) is 11.6 Å². The molecule has 0 bridgehead atoms. The van der Waals surface area contributed by atoms with E-state index in [-0.39, 0.29) is 0 Å². The predicted molar refractivity (Wildman–Crippen MR) is 50.5 cm³/mol. The van der Waals surface area contributed by atoms with E-state index in [9.17, 15) is 26.7 Å². The summed E-state index contributed by atoms with van der Waals surface area (Å²) in [6.07, 6.45) is -4.60. The van der Waals surface area contributed by atoms with Crippen LogP contribution in [-0.2, 0) is 4.84 Å². The summed E-state index contributed by atoms with van der Waals surface area (Å²) in [7, 11) is 0. The average molecular weight is 270 g/mol. The van der Waals surface area contributed by atoms with E-state index in [1.165, 1.54) is 5.48 Å². The Bertz CT molecular complexity index is 435. The van der Waals surface area contributed by atoms with Crippen molar-refractivity contribution >= 4 is 11.7 Å². The quantitative estimate of drug-likeness (QED) is 0.655. The Labute approximate surface area is 97.7 Å². The maximum absolute atomic E-state index is 13.0. The molecule has 0 aromatic heterocycles. The smallest absolute Gasteiger partial charge is 0.303 e. The molecule has 0 saturated heterocycles. The van der Waals surface area contributed by atoms with E-state index in [0.29, 0.717) is 6.07 Å². The summed E-state index contributed by atoms with van der Waals surface area (Å²) in [5, 5.41) is 1.84. The third-order valence-corrected chi connectivity index (χ3v) is 1.58.